The zero-order valence-electron chi connectivity index (χ0n) is 13.6. The summed E-state index contributed by atoms with van der Waals surface area (Å²) in [7, 11) is 1.81. The largest absolute Gasteiger partial charge is 0.326 e. The molecule has 1 N–H and O–H groups in total. The Morgan fingerprint density at radius 2 is 2.05 bits per heavy atom. The first-order valence-electron chi connectivity index (χ1n) is 8.14. The van der Waals surface area contributed by atoms with Gasteiger partial charge in [0.1, 0.15) is 5.54 Å². The zero-order chi connectivity index (χ0) is 15.5. The minimum atomic E-state index is -0.571. The molecule has 2 atom stereocenters. The Labute approximate surface area is 128 Å². The molecule has 2 aliphatic rings. The van der Waals surface area contributed by atoms with Crippen LogP contribution in [0.4, 0.5) is 0 Å². The first-order valence-corrected chi connectivity index (χ1v) is 8.14. The second-order valence-corrected chi connectivity index (χ2v) is 6.74. The summed E-state index contributed by atoms with van der Waals surface area (Å²) < 4.78 is 0. The van der Waals surface area contributed by atoms with Crippen molar-refractivity contribution in [1.29, 1.82) is 5.26 Å². The van der Waals surface area contributed by atoms with Crippen molar-refractivity contribution in [2.45, 2.75) is 63.6 Å². The highest BCUT2D eigenvalue weighted by molar-refractivity contribution is 5.79. The molecule has 118 valence electrons. The van der Waals surface area contributed by atoms with Crippen LogP contribution in [-0.2, 0) is 4.79 Å². The highest BCUT2D eigenvalue weighted by Crippen LogP contribution is 2.32. The number of amides is 1. The Bertz CT molecular complexity index is 411. The predicted molar refractivity (Wildman–Crippen MR) is 82.7 cm³/mol. The van der Waals surface area contributed by atoms with Crippen LogP contribution < -0.4 is 5.32 Å². The molecule has 0 aromatic carbocycles. The fourth-order valence-corrected chi connectivity index (χ4v) is 3.49. The number of rotatable bonds is 3. The van der Waals surface area contributed by atoms with Gasteiger partial charge in [0.15, 0.2) is 0 Å². The molecule has 1 heterocycles. The second-order valence-electron chi connectivity index (χ2n) is 6.74. The fourth-order valence-electron chi connectivity index (χ4n) is 3.49. The number of hydrogen-bond acceptors (Lipinski definition) is 4. The van der Waals surface area contributed by atoms with Crippen LogP contribution in [0.1, 0.15) is 46.0 Å². The molecule has 21 heavy (non-hydrogen) atoms. The Kier molecular flexibility index (Phi) is 5.23. The highest BCUT2D eigenvalue weighted by Gasteiger charge is 2.39. The van der Waals surface area contributed by atoms with Crippen molar-refractivity contribution in [2.75, 3.05) is 26.7 Å². The Morgan fingerprint density at radius 1 is 1.38 bits per heavy atom. The van der Waals surface area contributed by atoms with Crippen molar-refractivity contribution in [3.8, 4) is 6.07 Å². The molecule has 2 unspecified atom stereocenters. The molecule has 1 aliphatic carbocycles. The van der Waals surface area contributed by atoms with Gasteiger partial charge in [-0.15, -0.1) is 0 Å². The Balaban J connectivity index is 2.00. The number of nitrogens with zero attached hydrogens (tertiary/aromatic N) is 3. The van der Waals surface area contributed by atoms with E-state index >= 15 is 0 Å². The quantitative estimate of drug-likeness (QED) is 0.853. The molecule has 2 rings (SSSR count). The Morgan fingerprint density at radius 3 is 2.67 bits per heavy atom. The highest BCUT2D eigenvalue weighted by atomic mass is 16.2. The third kappa shape index (κ3) is 3.56. The van der Waals surface area contributed by atoms with Crippen LogP contribution in [0, 0.1) is 11.3 Å². The van der Waals surface area contributed by atoms with Crippen molar-refractivity contribution in [2.24, 2.45) is 0 Å². The van der Waals surface area contributed by atoms with E-state index in [4.69, 9.17) is 0 Å². The maximum atomic E-state index is 12.6. The molecule has 0 radical (unpaired) electrons. The van der Waals surface area contributed by atoms with Crippen molar-refractivity contribution in [1.82, 2.24) is 15.1 Å². The topological polar surface area (TPSA) is 59.4 Å². The van der Waals surface area contributed by atoms with E-state index in [-0.39, 0.29) is 5.91 Å². The Hall–Kier alpha value is -1.12. The van der Waals surface area contributed by atoms with Crippen molar-refractivity contribution in [3.05, 3.63) is 0 Å². The average Bonchev–Trinajstić information content (AvgIpc) is 2.50. The van der Waals surface area contributed by atoms with E-state index in [0.29, 0.717) is 18.6 Å². The summed E-state index contributed by atoms with van der Waals surface area (Å²) in [4.78, 5) is 16.6. The van der Waals surface area contributed by atoms with Gasteiger partial charge >= 0.3 is 0 Å². The minimum absolute atomic E-state index is 0.0828. The van der Waals surface area contributed by atoms with Crippen LogP contribution in [0.3, 0.4) is 0 Å². The monoisotopic (exact) mass is 292 g/mol. The van der Waals surface area contributed by atoms with Crippen LogP contribution in [-0.4, -0.2) is 60.0 Å². The minimum Gasteiger partial charge on any atom is -0.326 e. The molecule has 1 amide bonds. The van der Waals surface area contributed by atoms with Gasteiger partial charge in [-0.1, -0.05) is 19.3 Å². The molecule has 5 nitrogen and oxygen atoms in total. The third-order valence-corrected chi connectivity index (χ3v) is 5.14. The van der Waals surface area contributed by atoms with Crippen LogP contribution >= 0.6 is 0 Å². The van der Waals surface area contributed by atoms with E-state index in [2.05, 4.69) is 30.1 Å². The molecule has 5 heteroatoms. The van der Waals surface area contributed by atoms with Crippen LogP contribution in [0.5, 0.6) is 0 Å². The summed E-state index contributed by atoms with van der Waals surface area (Å²) in [6.07, 6.45) is 4.91. The van der Waals surface area contributed by atoms with Crippen LogP contribution in [0.25, 0.3) is 0 Å². The van der Waals surface area contributed by atoms with E-state index in [1.54, 1.807) is 4.90 Å². The van der Waals surface area contributed by atoms with Gasteiger partial charge in [0.05, 0.1) is 12.6 Å². The molecule has 1 saturated carbocycles. The fraction of sp³-hybridized carbons (Fsp3) is 0.875. The lowest BCUT2D eigenvalue weighted by Gasteiger charge is -2.42. The van der Waals surface area contributed by atoms with Gasteiger partial charge in [0.25, 0.3) is 0 Å². The standard InChI is InChI=1S/C16H28N4O/c1-13-10-20(14(2)9-18-13)11-15(21)19(3)16(12-17)7-5-4-6-8-16/h13-14,18H,4-11H2,1-3H3. The molecular weight excluding hydrogens is 264 g/mol. The molecule has 0 aromatic heterocycles. The number of carbonyl (C=O) groups is 1. The van der Waals surface area contributed by atoms with Gasteiger partial charge in [-0.25, -0.2) is 0 Å². The van der Waals surface area contributed by atoms with E-state index in [0.717, 1.165) is 38.8 Å². The summed E-state index contributed by atoms with van der Waals surface area (Å²) in [5.41, 5.74) is -0.571. The molecule has 1 aliphatic heterocycles. The summed E-state index contributed by atoms with van der Waals surface area (Å²) in [6, 6.07) is 3.21. The van der Waals surface area contributed by atoms with E-state index in [1.165, 1.54) is 6.42 Å². The molecule has 0 aromatic rings. The molecular formula is C16H28N4O. The van der Waals surface area contributed by atoms with Gasteiger partial charge in [-0.2, -0.15) is 5.26 Å². The lowest BCUT2D eigenvalue weighted by atomic mass is 9.81. The van der Waals surface area contributed by atoms with Crippen molar-refractivity contribution < 1.29 is 4.79 Å². The smallest absolute Gasteiger partial charge is 0.237 e. The van der Waals surface area contributed by atoms with E-state index in [1.807, 2.05) is 7.05 Å². The lowest BCUT2D eigenvalue weighted by molar-refractivity contribution is -0.137. The number of likely N-dealkylation sites (N-methyl/N-ethyl adjacent to an activating group) is 1. The molecule has 1 saturated heterocycles. The lowest BCUT2D eigenvalue weighted by Crippen LogP contribution is -2.58. The SMILES string of the molecule is CC1CN(CC(=O)N(C)C2(C#N)CCCCC2)C(C)CN1. The number of hydrogen-bond donors (Lipinski definition) is 1. The maximum absolute atomic E-state index is 12.6. The molecule has 0 spiro atoms. The van der Waals surface area contributed by atoms with E-state index < -0.39 is 5.54 Å². The average molecular weight is 292 g/mol. The van der Waals surface area contributed by atoms with Crippen LogP contribution in [0.2, 0.25) is 0 Å². The van der Waals surface area contributed by atoms with Crippen molar-refractivity contribution >= 4 is 5.91 Å². The normalized spacial score (nSPS) is 29.6. The van der Waals surface area contributed by atoms with Gasteiger partial charge < -0.3 is 10.2 Å². The van der Waals surface area contributed by atoms with Gasteiger partial charge in [0.2, 0.25) is 5.91 Å². The summed E-state index contributed by atoms with van der Waals surface area (Å²) >= 11 is 0. The van der Waals surface area contributed by atoms with Gasteiger partial charge in [-0.3, -0.25) is 9.69 Å². The number of carbonyl (C=O) groups excluding carboxylic acids is 1. The molecule has 2 fully saturated rings. The maximum Gasteiger partial charge on any atom is 0.237 e. The third-order valence-electron chi connectivity index (χ3n) is 5.14. The predicted octanol–water partition coefficient (Wildman–Crippen LogP) is 1.35. The summed E-state index contributed by atoms with van der Waals surface area (Å²) in [6.45, 7) is 6.52. The van der Waals surface area contributed by atoms with Crippen molar-refractivity contribution in [3.63, 3.8) is 0 Å². The van der Waals surface area contributed by atoms with Gasteiger partial charge in [-0.05, 0) is 26.7 Å². The number of nitrogens with one attached hydrogen (secondary N) is 1. The summed E-state index contributed by atoms with van der Waals surface area (Å²) in [5, 5.41) is 13.0. The zero-order valence-corrected chi connectivity index (χ0v) is 13.6. The first kappa shape index (κ1) is 16.3. The van der Waals surface area contributed by atoms with E-state index in [9.17, 15) is 10.1 Å². The van der Waals surface area contributed by atoms with Crippen LogP contribution in [0.15, 0.2) is 0 Å². The summed E-state index contributed by atoms with van der Waals surface area (Å²) in [5.74, 6) is 0.0828. The number of piperazine rings is 1. The molecule has 0 bridgehead atoms. The number of nitriles is 1. The van der Waals surface area contributed by atoms with Gasteiger partial charge in [0, 0.05) is 32.2 Å². The first-order chi connectivity index (χ1) is 9.98. The second kappa shape index (κ2) is 6.76.